The van der Waals surface area contributed by atoms with E-state index in [1.54, 1.807) is 17.8 Å². The van der Waals surface area contributed by atoms with Gasteiger partial charge in [0.15, 0.2) is 23.0 Å². The Morgan fingerprint density at radius 2 is 2.11 bits per heavy atom. The number of aromatic nitrogens is 2. The molecule has 0 aliphatic carbocycles. The predicted molar refractivity (Wildman–Crippen MR) is 64.2 cm³/mol. The van der Waals surface area contributed by atoms with Crippen LogP contribution < -0.4 is 9.40 Å². The van der Waals surface area contributed by atoms with E-state index < -0.39 is 16.3 Å². The maximum Gasteiger partial charge on any atom is 0.197 e. The number of benzene rings is 1. The molecule has 0 saturated carbocycles. The predicted octanol–water partition coefficient (Wildman–Crippen LogP) is -0.0394. The molecule has 0 bridgehead atoms. The van der Waals surface area contributed by atoms with Crippen molar-refractivity contribution >= 4 is 21.2 Å². The Morgan fingerprint density at radius 3 is 2.83 bits per heavy atom. The van der Waals surface area contributed by atoms with Gasteiger partial charge >= 0.3 is 0 Å². The monoisotopic (exact) mass is 267 g/mol. The summed E-state index contributed by atoms with van der Waals surface area (Å²) in [6.45, 7) is 1.91. The van der Waals surface area contributed by atoms with Crippen molar-refractivity contribution in [2.75, 3.05) is 0 Å². The Kier molecular flexibility index (Phi) is 3.55. The average Bonchev–Trinajstić information content (AvgIpc) is 2.26. The van der Waals surface area contributed by atoms with Gasteiger partial charge in [-0.3, -0.25) is 0 Å². The van der Waals surface area contributed by atoms with Crippen molar-refractivity contribution in [3.8, 4) is 0 Å². The average molecular weight is 267 g/mol. The SMILES string of the molecule is C[C@H](C[n+]1ccc2ccccc2n1)NS(=O)(=O)[O-]. The zero-order chi connectivity index (χ0) is 13.2. The van der Waals surface area contributed by atoms with Crippen LogP contribution in [-0.4, -0.2) is 24.1 Å². The Balaban J connectivity index is 2.17. The molecule has 1 heterocycles. The minimum absolute atomic E-state index is 0.298. The van der Waals surface area contributed by atoms with E-state index in [2.05, 4.69) is 5.10 Å². The van der Waals surface area contributed by atoms with Crippen molar-refractivity contribution in [3.05, 3.63) is 36.5 Å². The fourth-order valence-corrected chi connectivity index (χ4v) is 2.29. The summed E-state index contributed by atoms with van der Waals surface area (Å²) in [5.41, 5.74) is 0.817. The van der Waals surface area contributed by atoms with Gasteiger partial charge in [-0.05, 0) is 13.0 Å². The first-order valence-corrected chi connectivity index (χ1v) is 6.83. The number of hydrogen-bond acceptors (Lipinski definition) is 4. The van der Waals surface area contributed by atoms with Crippen molar-refractivity contribution in [3.63, 3.8) is 0 Å². The topological polar surface area (TPSA) is 86.0 Å². The molecular formula is C11H13N3O3S. The summed E-state index contributed by atoms with van der Waals surface area (Å²) in [7, 11) is -4.43. The third-order valence-electron chi connectivity index (χ3n) is 2.41. The molecule has 0 radical (unpaired) electrons. The molecule has 0 saturated heterocycles. The van der Waals surface area contributed by atoms with Gasteiger partial charge in [0.2, 0.25) is 0 Å². The Labute approximate surface area is 105 Å². The van der Waals surface area contributed by atoms with Crippen LogP contribution in [0.25, 0.3) is 10.9 Å². The van der Waals surface area contributed by atoms with Crippen LogP contribution in [0, 0.1) is 0 Å². The smallest absolute Gasteiger partial charge is 0.197 e. The first-order valence-electron chi connectivity index (χ1n) is 5.43. The van der Waals surface area contributed by atoms with Crippen LogP contribution in [0.15, 0.2) is 36.5 Å². The lowest BCUT2D eigenvalue weighted by Gasteiger charge is -2.12. The molecule has 1 aromatic heterocycles. The van der Waals surface area contributed by atoms with E-state index in [4.69, 9.17) is 0 Å². The highest BCUT2D eigenvalue weighted by molar-refractivity contribution is 7.83. The molecule has 0 spiro atoms. The Bertz CT molecular complexity index is 657. The minimum atomic E-state index is -4.43. The van der Waals surface area contributed by atoms with Crippen molar-refractivity contribution in [1.82, 2.24) is 9.82 Å². The molecule has 1 N–H and O–H groups in total. The second kappa shape index (κ2) is 4.97. The molecule has 2 aromatic rings. The number of fused-ring (bicyclic) bond motifs is 1. The highest BCUT2D eigenvalue weighted by atomic mass is 32.2. The van der Waals surface area contributed by atoms with Crippen molar-refractivity contribution in [2.24, 2.45) is 0 Å². The summed E-state index contributed by atoms with van der Waals surface area (Å²) in [5.74, 6) is 0. The Morgan fingerprint density at radius 1 is 1.39 bits per heavy atom. The highest BCUT2D eigenvalue weighted by Gasteiger charge is 2.13. The normalized spacial score (nSPS) is 13.7. The van der Waals surface area contributed by atoms with Gasteiger partial charge in [-0.2, -0.15) is 0 Å². The van der Waals surface area contributed by atoms with Crippen LogP contribution in [0.5, 0.6) is 0 Å². The summed E-state index contributed by atoms with van der Waals surface area (Å²) < 4.78 is 35.2. The third-order valence-corrected chi connectivity index (χ3v) is 3.10. The van der Waals surface area contributed by atoms with Crippen LogP contribution in [0.4, 0.5) is 0 Å². The van der Waals surface area contributed by atoms with Crippen LogP contribution >= 0.6 is 0 Å². The van der Waals surface area contributed by atoms with Gasteiger partial charge in [0.05, 0.1) is 6.04 Å². The fourth-order valence-electron chi connectivity index (χ4n) is 1.72. The molecule has 96 valence electrons. The molecule has 0 fully saturated rings. The van der Waals surface area contributed by atoms with Crippen molar-refractivity contribution in [1.29, 1.82) is 0 Å². The summed E-state index contributed by atoms with van der Waals surface area (Å²) >= 11 is 0. The van der Waals surface area contributed by atoms with Gasteiger partial charge in [-0.1, -0.05) is 22.9 Å². The molecule has 0 aliphatic heterocycles. The number of nitrogens with one attached hydrogen (secondary N) is 1. The lowest BCUT2D eigenvalue weighted by atomic mass is 10.2. The van der Waals surface area contributed by atoms with Crippen molar-refractivity contribution < 1.29 is 17.7 Å². The number of rotatable bonds is 4. The minimum Gasteiger partial charge on any atom is -0.735 e. The zero-order valence-electron chi connectivity index (χ0n) is 9.78. The second-order valence-electron chi connectivity index (χ2n) is 4.07. The Hall–Kier alpha value is -1.57. The lowest BCUT2D eigenvalue weighted by molar-refractivity contribution is -0.753. The van der Waals surface area contributed by atoms with Crippen LogP contribution in [-0.2, 0) is 16.8 Å². The summed E-state index contributed by atoms with van der Waals surface area (Å²) in [4.78, 5) is 0. The molecule has 18 heavy (non-hydrogen) atoms. The lowest BCUT2D eigenvalue weighted by Crippen LogP contribution is -2.48. The summed E-state index contributed by atoms with van der Waals surface area (Å²) in [6.07, 6.45) is 1.75. The molecule has 1 aromatic carbocycles. The maximum atomic E-state index is 10.5. The molecule has 1 atom stereocenters. The van der Waals surface area contributed by atoms with Gasteiger partial charge < -0.3 is 4.55 Å². The molecular weight excluding hydrogens is 254 g/mol. The van der Waals surface area contributed by atoms with E-state index >= 15 is 0 Å². The van der Waals surface area contributed by atoms with Crippen LogP contribution in [0.1, 0.15) is 6.92 Å². The summed E-state index contributed by atoms with van der Waals surface area (Å²) in [6, 6.07) is 8.99. The van der Waals surface area contributed by atoms with Crippen molar-refractivity contribution in [2.45, 2.75) is 19.5 Å². The van der Waals surface area contributed by atoms with Gasteiger partial charge in [0.1, 0.15) is 5.52 Å². The molecule has 7 heteroatoms. The number of hydrogen-bond donors (Lipinski definition) is 1. The van der Waals surface area contributed by atoms with Gasteiger partial charge in [0.25, 0.3) is 0 Å². The standard InChI is InChI=1S/C11H13N3O3S/c1-9(13-18(15,16)17)8-14-7-6-10-4-2-3-5-11(10)12-14/h2-7,9,13H,8H2,1H3/t9-/m1/s1. The van der Waals surface area contributed by atoms with E-state index in [0.717, 1.165) is 10.9 Å². The molecule has 6 nitrogen and oxygen atoms in total. The first-order chi connectivity index (χ1) is 8.44. The summed E-state index contributed by atoms with van der Waals surface area (Å²) in [5, 5.41) is 5.33. The van der Waals surface area contributed by atoms with E-state index in [1.807, 2.05) is 35.1 Å². The van der Waals surface area contributed by atoms with Gasteiger partial charge in [-0.15, -0.1) is 0 Å². The van der Waals surface area contributed by atoms with E-state index in [1.165, 1.54) is 0 Å². The van der Waals surface area contributed by atoms with Crippen LogP contribution in [0.3, 0.4) is 0 Å². The first kappa shape index (κ1) is 12.9. The zero-order valence-corrected chi connectivity index (χ0v) is 10.6. The van der Waals surface area contributed by atoms with E-state index in [-0.39, 0.29) is 0 Å². The molecule has 2 rings (SSSR count). The van der Waals surface area contributed by atoms with Crippen LogP contribution in [0.2, 0.25) is 0 Å². The second-order valence-corrected chi connectivity index (χ2v) is 5.21. The highest BCUT2D eigenvalue weighted by Crippen LogP contribution is 2.06. The van der Waals surface area contributed by atoms with Gasteiger partial charge in [-0.25, -0.2) is 13.1 Å². The quantitative estimate of drug-likeness (QED) is 0.622. The molecule has 0 amide bonds. The van der Waals surface area contributed by atoms with Gasteiger partial charge in [0, 0.05) is 16.6 Å². The van der Waals surface area contributed by atoms with E-state index in [0.29, 0.717) is 6.54 Å². The fraction of sp³-hybridized carbons (Fsp3) is 0.273. The maximum absolute atomic E-state index is 10.5. The largest absolute Gasteiger partial charge is 0.735 e. The van der Waals surface area contributed by atoms with E-state index in [9.17, 15) is 13.0 Å². The number of nitrogens with zero attached hydrogens (tertiary/aromatic N) is 2. The third kappa shape index (κ3) is 3.46. The molecule has 0 unspecified atom stereocenters. The molecule has 0 aliphatic rings.